The summed E-state index contributed by atoms with van der Waals surface area (Å²) < 4.78 is 73.9. The van der Waals surface area contributed by atoms with Crippen LogP contribution in [0.4, 0.5) is 18.9 Å². The molecule has 1 aliphatic heterocycles. The summed E-state index contributed by atoms with van der Waals surface area (Å²) in [6, 6.07) is 16.2. The van der Waals surface area contributed by atoms with E-state index in [1.807, 2.05) is 37.3 Å². The monoisotopic (exact) mass is 531 g/mol. The smallest absolute Gasteiger partial charge is 0.416 e. The largest absolute Gasteiger partial charge is 0.486 e. The molecular weight excluding hydrogens is 507 g/mol. The maximum Gasteiger partial charge on any atom is 0.416 e. The average Bonchev–Trinajstić information content (AvgIpc) is 2.86. The Morgan fingerprint density at radius 2 is 1.73 bits per heavy atom. The topological polar surface area (TPSA) is 83.9 Å². The zero-order valence-electron chi connectivity index (χ0n) is 19.8. The Labute approximate surface area is 212 Å². The normalized spacial score (nSPS) is 15.9. The summed E-state index contributed by atoms with van der Waals surface area (Å²) in [5.74, 6) is -0.872. The molecule has 0 aliphatic carbocycles. The Kier molecular flexibility index (Phi) is 7.31. The maximum atomic E-state index is 13.6. The minimum absolute atomic E-state index is 0.0263. The van der Waals surface area contributed by atoms with Gasteiger partial charge < -0.3 is 9.84 Å². The van der Waals surface area contributed by atoms with Gasteiger partial charge in [0.15, 0.2) is 0 Å². The number of alkyl halides is 3. The first-order valence-corrected chi connectivity index (χ1v) is 12.8. The van der Waals surface area contributed by atoms with Crippen LogP contribution in [0.25, 0.3) is 12.2 Å². The highest BCUT2D eigenvalue weighted by atomic mass is 32.2. The van der Waals surface area contributed by atoms with Gasteiger partial charge in [0.2, 0.25) is 0 Å². The molecule has 4 rings (SSSR count). The van der Waals surface area contributed by atoms with Crippen LogP contribution in [0.2, 0.25) is 0 Å². The Bertz CT molecular complexity index is 1430. The molecule has 194 valence electrons. The van der Waals surface area contributed by atoms with Crippen molar-refractivity contribution in [2.45, 2.75) is 36.9 Å². The number of fused-ring (bicyclic) bond motifs is 1. The molecule has 3 aromatic carbocycles. The summed E-state index contributed by atoms with van der Waals surface area (Å²) in [4.78, 5) is 10.5. The van der Waals surface area contributed by atoms with Crippen LogP contribution in [-0.2, 0) is 21.0 Å². The molecule has 1 aliphatic rings. The Hall–Kier alpha value is -3.79. The molecule has 10 heteroatoms. The first-order valence-electron chi connectivity index (χ1n) is 11.4. The van der Waals surface area contributed by atoms with E-state index >= 15 is 0 Å². The fourth-order valence-electron chi connectivity index (χ4n) is 3.93. The number of carboxylic acid groups (broad SMARTS) is 1. The summed E-state index contributed by atoms with van der Waals surface area (Å²) in [7, 11) is -4.44. The second-order valence-electron chi connectivity index (χ2n) is 8.71. The molecule has 0 unspecified atom stereocenters. The van der Waals surface area contributed by atoms with Crippen LogP contribution in [0.1, 0.15) is 35.1 Å². The van der Waals surface area contributed by atoms with Crippen molar-refractivity contribution in [3.8, 4) is 5.75 Å². The van der Waals surface area contributed by atoms with Crippen molar-refractivity contribution in [1.82, 2.24) is 0 Å². The number of rotatable bonds is 7. The van der Waals surface area contributed by atoms with Crippen LogP contribution in [0.5, 0.6) is 5.75 Å². The Balaban J connectivity index is 1.74. The van der Waals surface area contributed by atoms with Crippen molar-refractivity contribution in [3.05, 3.63) is 89.0 Å². The number of anilines is 1. The van der Waals surface area contributed by atoms with Crippen LogP contribution in [0.15, 0.2) is 71.6 Å². The van der Waals surface area contributed by atoms with E-state index in [2.05, 4.69) is 0 Å². The van der Waals surface area contributed by atoms with Crippen molar-refractivity contribution >= 4 is 33.8 Å². The summed E-state index contributed by atoms with van der Waals surface area (Å²) in [5, 5.41) is 9.05. The molecule has 37 heavy (non-hydrogen) atoms. The van der Waals surface area contributed by atoms with E-state index in [0.717, 1.165) is 33.6 Å². The fraction of sp³-hybridized carbons (Fsp3) is 0.222. The first kappa shape index (κ1) is 26.3. The third-order valence-electron chi connectivity index (χ3n) is 5.89. The predicted octanol–water partition coefficient (Wildman–Crippen LogP) is 6.01. The second kappa shape index (κ2) is 10.3. The quantitative estimate of drug-likeness (QED) is 0.378. The van der Waals surface area contributed by atoms with Crippen molar-refractivity contribution in [2.75, 3.05) is 10.8 Å². The number of carbonyl (C=O) groups is 1. The summed E-state index contributed by atoms with van der Waals surface area (Å²) in [5.41, 5.74) is 1.77. The molecule has 0 bridgehead atoms. The third kappa shape index (κ3) is 6.14. The highest BCUT2D eigenvalue weighted by molar-refractivity contribution is 7.92. The molecule has 0 radical (unpaired) electrons. The minimum Gasteiger partial charge on any atom is -0.486 e. The van der Waals surface area contributed by atoms with E-state index in [-0.39, 0.29) is 30.8 Å². The number of ether oxygens (including phenoxy) is 1. The van der Waals surface area contributed by atoms with Gasteiger partial charge in [0, 0.05) is 6.42 Å². The lowest BCUT2D eigenvalue weighted by molar-refractivity contribution is -0.138. The maximum absolute atomic E-state index is 13.6. The van der Waals surface area contributed by atoms with Gasteiger partial charge in [-0.05, 0) is 54.8 Å². The molecule has 0 saturated carbocycles. The Morgan fingerprint density at radius 1 is 1.05 bits per heavy atom. The van der Waals surface area contributed by atoms with Crippen LogP contribution in [-0.4, -0.2) is 32.1 Å². The Morgan fingerprint density at radius 3 is 2.41 bits per heavy atom. The van der Waals surface area contributed by atoms with Crippen molar-refractivity contribution in [1.29, 1.82) is 0 Å². The summed E-state index contributed by atoms with van der Waals surface area (Å²) in [6.07, 6.45) is -2.10. The van der Waals surface area contributed by atoms with E-state index in [4.69, 9.17) is 9.84 Å². The lowest BCUT2D eigenvalue weighted by Gasteiger charge is -2.35. The molecule has 3 aromatic rings. The molecule has 1 atom stereocenters. The second-order valence-corrected chi connectivity index (χ2v) is 10.6. The number of carboxylic acids is 1. The first-order chi connectivity index (χ1) is 17.4. The van der Waals surface area contributed by atoms with Crippen molar-refractivity contribution in [2.24, 2.45) is 0 Å². The zero-order valence-corrected chi connectivity index (χ0v) is 20.6. The van der Waals surface area contributed by atoms with Gasteiger partial charge in [0.25, 0.3) is 10.0 Å². The standard InChI is InChI=1S/C27H24F3NO5S/c1-18-5-7-19(8-6-18)9-10-20-11-13-25-24(15-20)31(17-22(36-25)12-14-26(32)33)37(34,35)23-4-2-3-21(16-23)27(28,29)30/h2-11,13,15-16,22H,12,14,17H2,1H3,(H,32,33)/b10-9+/t22-/m0/s1. The minimum atomic E-state index is -4.72. The number of hydrogen-bond acceptors (Lipinski definition) is 4. The van der Waals surface area contributed by atoms with Crippen molar-refractivity contribution in [3.63, 3.8) is 0 Å². The molecule has 6 nitrogen and oxygen atoms in total. The van der Waals surface area contributed by atoms with E-state index in [1.165, 1.54) is 0 Å². The highest BCUT2D eigenvalue weighted by Gasteiger charge is 2.37. The summed E-state index contributed by atoms with van der Waals surface area (Å²) >= 11 is 0. The van der Waals surface area contributed by atoms with Crippen LogP contribution >= 0.6 is 0 Å². The average molecular weight is 532 g/mol. The number of benzene rings is 3. The molecule has 1 N–H and O–H groups in total. The van der Waals surface area contributed by atoms with Gasteiger partial charge in [-0.1, -0.05) is 54.1 Å². The molecule has 0 amide bonds. The van der Waals surface area contributed by atoms with Crippen molar-refractivity contribution < 1.29 is 36.2 Å². The number of sulfonamides is 1. The zero-order chi connectivity index (χ0) is 26.8. The third-order valence-corrected chi connectivity index (χ3v) is 7.67. The predicted molar refractivity (Wildman–Crippen MR) is 134 cm³/mol. The van der Waals surface area contributed by atoms with Crippen LogP contribution in [0.3, 0.4) is 0 Å². The van der Waals surface area contributed by atoms with Gasteiger partial charge in [0.05, 0.1) is 22.7 Å². The van der Waals surface area contributed by atoms with Crippen LogP contribution in [0, 0.1) is 6.92 Å². The van der Waals surface area contributed by atoms with Gasteiger partial charge in [-0.2, -0.15) is 13.2 Å². The van der Waals surface area contributed by atoms with Gasteiger partial charge >= 0.3 is 12.1 Å². The molecular formula is C27H24F3NO5S. The number of nitrogens with zero attached hydrogens (tertiary/aromatic N) is 1. The van der Waals surface area contributed by atoms with E-state index < -0.39 is 38.7 Å². The number of hydrogen-bond donors (Lipinski definition) is 1. The van der Waals surface area contributed by atoms with Gasteiger partial charge in [0.1, 0.15) is 11.9 Å². The lowest BCUT2D eigenvalue weighted by atomic mass is 10.1. The van der Waals surface area contributed by atoms with Gasteiger partial charge in [-0.3, -0.25) is 9.10 Å². The van der Waals surface area contributed by atoms with E-state index in [1.54, 1.807) is 24.3 Å². The van der Waals surface area contributed by atoms with E-state index in [0.29, 0.717) is 11.6 Å². The fourth-order valence-corrected chi connectivity index (χ4v) is 5.47. The number of halogens is 3. The number of aliphatic carboxylic acids is 1. The lowest BCUT2D eigenvalue weighted by Crippen LogP contribution is -2.43. The molecule has 1 heterocycles. The van der Waals surface area contributed by atoms with Gasteiger partial charge in [-0.25, -0.2) is 8.42 Å². The molecule has 0 saturated heterocycles. The summed E-state index contributed by atoms with van der Waals surface area (Å²) in [6.45, 7) is 1.73. The molecule has 0 fully saturated rings. The highest BCUT2D eigenvalue weighted by Crippen LogP contribution is 2.40. The van der Waals surface area contributed by atoms with Gasteiger partial charge in [-0.15, -0.1) is 0 Å². The SMILES string of the molecule is Cc1ccc(/C=C/c2ccc3c(c2)N(S(=O)(=O)c2cccc(C(F)(F)F)c2)C[C@H](CCC(=O)O)O3)cc1. The van der Waals surface area contributed by atoms with E-state index in [9.17, 15) is 26.4 Å². The number of aryl methyl sites for hydroxylation is 1. The molecule has 0 aromatic heterocycles. The molecule has 0 spiro atoms. The van der Waals surface area contributed by atoms with Crippen LogP contribution < -0.4 is 9.04 Å².